The highest BCUT2D eigenvalue weighted by molar-refractivity contribution is 5.71. The zero-order valence-electron chi connectivity index (χ0n) is 12.2. The van der Waals surface area contributed by atoms with Crippen molar-refractivity contribution in [3.63, 3.8) is 0 Å². The first-order valence-corrected chi connectivity index (χ1v) is 6.67. The normalized spacial score (nSPS) is 11.1. The van der Waals surface area contributed by atoms with Gasteiger partial charge < -0.3 is 5.32 Å². The maximum Gasteiger partial charge on any atom is 0.227 e. The smallest absolute Gasteiger partial charge is 0.227 e. The highest BCUT2D eigenvalue weighted by atomic mass is 15.1. The van der Waals surface area contributed by atoms with Gasteiger partial charge >= 0.3 is 0 Å². The van der Waals surface area contributed by atoms with E-state index in [9.17, 15) is 0 Å². The number of hydrogen-bond donors (Lipinski definition) is 1. The third-order valence-electron chi connectivity index (χ3n) is 2.84. The van der Waals surface area contributed by atoms with Crippen LogP contribution in [0.5, 0.6) is 0 Å². The maximum absolute atomic E-state index is 4.43. The van der Waals surface area contributed by atoms with Gasteiger partial charge in [0, 0.05) is 24.3 Å². The third kappa shape index (κ3) is 4.38. The number of benzene rings is 1. The quantitative estimate of drug-likeness (QED) is 0.839. The SMILES string of the molecule is C=CC=N/C=C/c1ccnc(Nc2cc(C)ccc2C)n1. The van der Waals surface area contributed by atoms with E-state index in [2.05, 4.69) is 58.9 Å². The second kappa shape index (κ2) is 7.14. The van der Waals surface area contributed by atoms with Gasteiger partial charge in [-0.15, -0.1) is 0 Å². The summed E-state index contributed by atoms with van der Waals surface area (Å²) in [6, 6.07) is 8.06. The first kappa shape index (κ1) is 14.7. The summed E-state index contributed by atoms with van der Waals surface area (Å²) in [6.07, 6.45) is 8.45. The molecule has 4 nitrogen and oxygen atoms in total. The average Bonchev–Trinajstić information content (AvgIpc) is 2.48. The number of aryl methyl sites for hydroxylation is 2. The summed E-state index contributed by atoms with van der Waals surface area (Å²) in [5, 5.41) is 3.24. The molecule has 0 aliphatic heterocycles. The van der Waals surface area contributed by atoms with Crippen molar-refractivity contribution in [3.8, 4) is 0 Å². The van der Waals surface area contributed by atoms with E-state index in [-0.39, 0.29) is 0 Å². The molecule has 0 unspecified atom stereocenters. The van der Waals surface area contributed by atoms with E-state index in [1.54, 1.807) is 24.7 Å². The van der Waals surface area contributed by atoms with Crippen molar-refractivity contribution < 1.29 is 0 Å². The van der Waals surface area contributed by atoms with Crippen LogP contribution in [0.25, 0.3) is 6.08 Å². The molecule has 4 heteroatoms. The number of nitrogens with zero attached hydrogens (tertiary/aromatic N) is 3. The molecule has 0 atom stereocenters. The fourth-order valence-corrected chi connectivity index (χ4v) is 1.75. The van der Waals surface area contributed by atoms with Crippen LogP contribution < -0.4 is 5.32 Å². The molecule has 0 aliphatic carbocycles. The molecule has 0 saturated heterocycles. The van der Waals surface area contributed by atoms with Gasteiger partial charge in [-0.05, 0) is 43.2 Å². The van der Waals surface area contributed by atoms with Crippen LogP contribution in [0, 0.1) is 13.8 Å². The van der Waals surface area contributed by atoms with Gasteiger partial charge in [-0.2, -0.15) is 0 Å². The second-order valence-corrected chi connectivity index (χ2v) is 4.60. The van der Waals surface area contributed by atoms with Crippen molar-refractivity contribution in [2.24, 2.45) is 4.99 Å². The van der Waals surface area contributed by atoms with E-state index in [1.807, 2.05) is 12.1 Å². The molecule has 1 aromatic heterocycles. The van der Waals surface area contributed by atoms with E-state index in [1.165, 1.54) is 5.56 Å². The molecule has 1 N–H and O–H groups in total. The fourth-order valence-electron chi connectivity index (χ4n) is 1.75. The number of anilines is 2. The molecule has 2 aromatic rings. The molecule has 2 rings (SSSR count). The predicted molar refractivity (Wildman–Crippen MR) is 89.0 cm³/mol. The summed E-state index contributed by atoms with van der Waals surface area (Å²) in [7, 11) is 0. The summed E-state index contributed by atoms with van der Waals surface area (Å²) in [6.45, 7) is 7.67. The highest BCUT2D eigenvalue weighted by Crippen LogP contribution is 2.19. The Morgan fingerprint density at radius 3 is 2.90 bits per heavy atom. The van der Waals surface area contributed by atoms with E-state index in [4.69, 9.17) is 0 Å². The Balaban J connectivity index is 2.17. The summed E-state index contributed by atoms with van der Waals surface area (Å²) in [5.74, 6) is 0.568. The lowest BCUT2D eigenvalue weighted by Crippen LogP contribution is -1.99. The van der Waals surface area contributed by atoms with Crippen molar-refractivity contribution in [2.75, 3.05) is 5.32 Å². The van der Waals surface area contributed by atoms with Crippen LogP contribution in [0.1, 0.15) is 16.8 Å². The summed E-state index contributed by atoms with van der Waals surface area (Å²) >= 11 is 0. The Labute approximate surface area is 125 Å². The minimum Gasteiger partial charge on any atom is -0.324 e. The van der Waals surface area contributed by atoms with Crippen LogP contribution in [0.3, 0.4) is 0 Å². The Hall–Kier alpha value is -2.75. The van der Waals surface area contributed by atoms with E-state index in [0.29, 0.717) is 5.95 Å². The number of aromatic nitrogens is 2. The summed E-state index contributed by atoms with van der Waals surface area (Å²) in [4.78, 5) is 12.7. The number of aliphatic imine (C=N–C) groups is 1. The van der Waals surface area contributed by atoms with Crippen molar-refractivity contribution in [2.45, 2.75) is 13.8 Å². The monoisotopic (exact) mass is 278 g/mol. The lowest BCUT2D eigenvalue weighted by atomic mass is 10.1. The van der Waals surface area contributed by atoms with Crippen LogP contribution in [-0.4, -0.2) is 16.2 Å². The number of allylic oxidation sites excluding steroid dienone is 1. The van der Waals surface area contributed by atoms with Gasteiger partial charge in [0.2, 0.25) is 5.95 Å². The first-order valence-electron chi connectivity index (χ1n) is 6.67. The topological polar surface area (TPSA) is 50.2 Å². The van der Waals surface area contributed by atoms with Crippen molar-refractivity contribution >= 4 is 23.9 Å². The average molecular weight is 278 g/mol. The van der Waals surface area contributed by atoms with Crippen molar-refractivity contribution in [1.82, 2.24) is 9.97 Å². The molecule has 21 heavy (non-hydrogen) atoms. The van der Waals surface area contributed by atoms with Gasteiger partial charge in [0.25, 0.3) is 0 Å². The lowest BCUT2D eigenvalue weighted by Gasteiger charge is -2.09. The third-order valence-corrected chi connectivity index (χ3v) is 2.84. The van der Waals surface area contributed by atoms with Crippen molar-refractivity contribution in [3.05, 3.63) is 66.1 Å². The molecular weight excluding hydrogens is 260 g/mol. The number of rotatable bonds is 5. The van der Waals surface area contributed by atoms with E-state index in [0.717, 1.165) is 16.9 Å². The molecular formula is C17H18N4. The predicted octanol–water partition coefficient (Wildman–Crippen LogP) is 4.06. The molecule has 0 spiro atoms. The zero-order chi connectivity index (χ0) is 15.1. The zero-order valence-corrected chi connectivity index (χ0v) is 12.2. The Morgan fingerprint density at radius 1 is 1.24 bits per heavy atom. The lowest BCUT2D eigenvalue weighted by molar-refractivity contribution is 1.15. The van der Waals surface area contributed by atoms with Crippen LogP contribution in [0.4, 0.5) is 11.6 Å². The number of nitrogens with one attached hydrogen (secondary N) is 1. The van der Waals surface area contributed by atoms with Crippen LogP contribution >= 0.6 is 0 Å². The minimum absolute atomic E-state index is 0.568. The van der Waals surface area contributed by atoms with Crippen LogP contribution in [0.2, 0.25) is 0 Å². The van der Waals surface area contributed by atoms with Crippen LogP contribution in [0.15, 0.2) is 54.3 Å². The summed E-state index contributed by atoms with van der Waals surface area (Å²) < 4.78 is 0. The van der Waals surface area contributed by atoms with Gasteiger partial charge in [0.1, 0.15) is 0 Å². The molecule has 0 bridgehead atoms. The highest BCUT2D eigenvalue weighted by Gasteiger charge is 2.02. The molecule has 0 radical (unpaired) electrons. The van der Waals surface area contributed by atoms with E-state index >= 15 is 0 Å². The molecule has 1 aromatic carbocycles. The van der Waals surface area contributed by atoms with Gasteiger partial charge in [-0.1, -0.05) is 24.8 Å². The maximum atomic E-state index is 4.43. The second-order valence-electron chi connectivity index (χ2n) is 4.60. The molecule has 0 aliphatic rings. The minimum atomic E-state index is 0.568. The molecule has 0 saturated carbocycles. The standard InChI is InChI=1S/C17H18N4/c1-4-9-18-10-7-15-8-11-19-17(20-15)21-16-12-13(2)5-6-14(16)3/h4-12H,1H2,2-3H3,(H,19,20,21)/b10-7+,18-9?. The summed E-state index contributed by atoms with van der Waals surface area (Å²) in [5.41, 5.74) is 4.15. The Kier molecular flexibility index (Phi) is 4.99. The molecule has 1 heterocycles. The fraction of sp³-hybridized carbons (Fsp3) is 0.118. The number of hydrogen-bond acceptors (Lipinski definition) is 4. The van der Waals surface area contributed by atoms with Gasteiger partial charge in [0.05, 0.1) is 5.69 Å². The van der Waals surface area contributed by atoms with Crippen molar-refractivity contribution in [1.29, 1.82) is 0 Å². The van der Waals surface area contributed by atoms with Gasteiger partial charge in [-0.25, -0.2) is 9.97 Å². The van der Waals surface area contributed by atoms with Gasteiger partial charge in [-0.3, -0.25) is 4.99 Å². The largest absolute Gasteiger partial charge is 0.324 e. The first-order chi connectivity index (χ1) is 10.2. The van der Waals surface area contributed by atoms with Gasteiger partial charge in [0.15, 0.2) is 0 Å². The Morgan fingerprint density at radius 2 is 2.10 bits per heavy atom. The molecule has 106 valence electrons. The van der Waals surface area contributed by atoms with E-state index < -0.39 is 0 Å². The molecule has 0 amide bonds. The van der Waals surface area contributed by atoms with Crippen LogP contribution in [-0.2, 0) is 0 Å². The molecule has 0 fully saturated rings. The Bertz CT molecular complexity index is 687.